The van der Waals surface area contributed by atoms with Gasteiger partial charge in [0.05, 0.1) is 12.9 Å². The van der Waals surface area contributed by atoms with Gasteiger partial charge in [-0.15, -0.1) is 11.3 Å². The molecule has 1 aliphatic rings. The van der Waals surface area contributed by atoms with E-state index in [0.29, 0.717) is 31.9 Å². The molecule has 8 nitrogen and oxygen atoms in total. The molecule has 1 aromatic carbocycles. The topological polar surface area (TPSA) is 96.0 Å². The molecule has 0 unspecified atom stereocenters. The Bertz CT molecular complexity index is 1000. The van der Waals surface area contributed by atoms with Crippen LogP contribution in [0, 0.1) is 0 Å². The van der Waals surface area contributed by atoms with Crippen molar-refractivity contribution in [3.05, 3.63) is 47.3 Å². The van der Waals surface area contributed by atoms with E-state index in [0.717, 1.165) is 16.9 Å². The molecule has 0 bridgehead atoms. The Kier molecular flexibility index (Phi) is 7.30. The second-order valence-corrected chi connectivity index (χ2v) is 11.8. The van der Waals surface area contributed by atoms with Crippen molar-refractivity contribution in [3.63, 3.8) is 0 Å². The second kappa shape index (κ2) is 9.54. The highest BCUT2D eigenvalue weighted by Gasteiger charge is 2.30. The first kappa shape index (κ1) is 22.2. The Morgan fingerprint density at radius 2 is 1.90 bits per heavy atom. The normalized spacial score (nSPS) is 16.2. The predicted molar refractivity (Wildman–Crippen MR) is 113 cm³/mol. The third kappa shape index (κ3) is 5.56. The van der Waals surface area contributed by atoms with Gasteiger partial charge in [0.15, 0.2) is 0 Å². The number of sulfonamides is 2. The number of hydrogen-bond acceptors (Lipinski definition) is 7. The van der Waals surface area contributed by atoms with Crippen LogP contribution in [0.15, 0.2) is 46.0 Å². The van der Waals surface area contributed by atoms with Crippen LogP contribution in [-0.4, -0.2) is 71.0 Å². The van der Waals surface area contributed by atoms with Gasteiger partial charge in [0.25, 0.3) is 10.0 Å². The van der Waals surface area contributed by atoms with E-state index in [4.69, 9.17) is 4.74 Å². The molecule has 1 fully saturated rings. The van der Waals surface area contributed by atoms with Gasteiger partial charge < -0.3 is 10.1 Å². The number of nitrogens with one attached hydrogen (secondary N) is 1. The number of nitrogens with zero attached hydrogens (tertiary/aromatic N) is 2. The lowest BCUT2D eigenvalue weighted by molar-refractivity contribution is 0.355. The van der Waals surface area contributed by atoms with Crippen LogP contribution in [0.5, 0.6) is 5.75 Å². The smallest absolute Gasteiger partial charge is 0.252 e. The van der Waals surface area contributed by atoms with Gasteiger partial charge in [-0.2, -0.15) is 8.61 Å². The molecule has 0 spiro atoms. The van der Waals surface area contributed by atoms with E-state index < -0.39 is 20.0 Å². The van der Waals surface area contributed by atoms with Crippen molar-refractivity contribution >= 4 is 31.4 Å². The molecule has 0 saturated carbocycles. The Morgan fingerprint density at radius 1 is 1.14 bits per heavy atom. The van der Waals surface area contributed by atoms with Crippen LogP contribution in [-0.2, 0) is 26.6 Å². The lowest BCUT2D eigenvalue weighted by Crippen LogP contribution is -2.48. The first-order valence-electron chi connectivity index (χ1n) is 9.18. The van der Waals surface area contributed by atoms with Crippen LogP contribution in [0.4, 0.5) is 0 Å². The molecule has 1 aliphatic heterocycles. The van der Waals surface area contributed by atoms with Crippen molar-refractivity contribution in [3.8, 4) is 5.75 Å². The van der Waals surface area contributed by atoms with Crippen LogP contribution < -0.4 is 10.1 Å². The Labute approximate surface area is 176 Å². The van der Waals surface area contributed by atoms with Crippen molar-refractivity contribution in [2.75, 3.05) is 45.6 Å². The zero-order valence-corrected chi connectivity index (χ0v) is 18.6. The summed E-state index contributed by atoms with van der Waals surface area (Å²) in [5.74, 6) is 0.353. The first-order chi connectivity index (χ1) is 13.8. The number of benzene rings is 1. The molecular weight excluding hydrogens is 434 g/mol. The average Bonchev–Trinajstić information content (AvgIpc) is 3.27. The summed E-state index contributed by atoms with van der Waals surface area (Å²) < 4.78 is 59.8. The predicted octanol–water partition coefficient (Wildman–Crippen LogP) is 1.18. The lowest BCUT2D eigenvalue weighted by Gasteiger charge is -2.28. The summed E-state index contributed by atoms with van der Waals surface area (Å²) in [6.45, 7) is 1.94. The van der Waals surface area contributed by atoms with Gasteiger partial charge in [-0.1, -0.05) is 18.2 Å². The van der Waals surface area contributed by atoms with Crippen molar-refractivity contribution in [2.45, 2.75) is 10.8 Å². The van der Waals surface area contributed by atoms with E-state index in [9.17, 15) is 16.8 Å². The SMILES string of the molecule is COc1cccc(CN(CCS(=O)(=O)N2CCNCC2)S(=O)(=O)c2cccs2)c1. The van der Waals surface area contributed by atoms with Crippen molar-refractivity contribution in [1.82, 2.24) is 13.9 Å². The van der Waals surface area contributed by atoms with E-state index in [1.807, 2.05) is 0 Å². The first-order valence-corrected chi connectivity index (χ1v) is 13.1. The Balaban J connectivity index is 1.82. The summed E-state index contributed by atoms with van der Waals surface area (Å²) in [5.41, 5.74) is 0.726. The summed E-state index contributed by atoms with van der Waals surface area (Å²) in [7, 11) is -5.82. The number of thiophene rings is 1. The monoisotopic (exact) mass is 459 g/mol. The highest BCUT2D eigenvalue weighted by molar-refractivity contribution is 7.91. The lowest BCUT2D eigenvalue weighted by atomic mass is 10.2. The van der Waals surface area contributed by atoms with E-state index in [-0.39, 0.29) is 23.1 Å². The number of piperazine rings is 1. The maximum absolute atomic E-state index is 13.1. The molecule has 0 aliphatic carbocycles. The van der Waals surface area contributed by atoms with Crippen LogP contribution >= 0.6 is 11.3 Å². The summed E-state index contributed by atoms with van der Waals surface area (Å²) in [4.78, 5) is 0. The Morgan fingerprint density at radius 3 is 2.55 bits per heavy atom. The molecule has 2 heterocycles. The summed E-state index contributed by atoms with van der Waals surface area (Å²) >= 11 is 1.12. The molecule has 0 amide bonds. The standard InChI is InChI=1S/C18H25N3O5S3/c1-26-17-5-2-4-16(14-17)15-21(29(24,25)18-6-3-12-27-18)11-13-28(22,23)20-9-7-19-8-10-20/h2-6,12,14,19H,7-11,13,15H2,1H3. The second-order valence-electron chi connectivity index (χ2n) is 6.59. The van der Waals surface area contributed by atoms with Gasteiger partial charge in [0, 0.05) is 39.3 Å². The summed E-state index contributed by atoms with van der Waals surface area (Å²) in [5, 5.41) is 4.80. The number of hydrogen-bond donors (Lipinski definition) is 1. The van der Waals surface area contributed by atoms with E-state index >= 15 is 0 Å². The highest BCUT2D eigenvalue weighted by Crippen LogP contribution is 2.24. The molecule has 0 radical (unpaired) electrons. The number of ether oxygens (including phenoxy) is 1. The van der Waals surface area contributed by atoms with Crippen LogP contribution in [0.1, 0.15) is 5.56 Å². The van der Waals surface area contributed by atoms with Gasteiger partial charge in [-0.25, -0.2) is 16.8 Å². The molecule has 11 heteroatoms. The van der Waals surface area contributed by atoms with Crippen molar-refractivity contribution in [2.24, 2.45) is 0 Å². The van der Waals surface area contributed by atoms with Gasteiger partial charge in [-0.05, 0) is 29.1 Å². The maximum atomic E-state index is 13.1. The molecule has 160 valence electrons. The summed E-state index contributed by atoms with van der Waals surface area (Å²) in [6, 6.07) is 10.3. The van der Waals surface area contributed by atoms with Gasteiger partial charge >= 0.3 is 0 Å². The quantitative estimate of drug-likeness (QED) is 0.605. The molecule has 1 saturated heterocycles. The maximum Gasteiger partial charge on any atom is 0.252 e. The fourth-order valence-electron chi connectivity index (χ4n) is 3.06. The fourth-order valence-corrected chi connectivity index (χ4v) is 7.20. The minimum atomic E-state index is -3.81. The molecule has 1 N–H and O–H groups in total. The van der Waals surface area contributed by atoms with Gasteiger partial charge in [-0.3, -0.25) is 0 Å². The molecule has 29 heavy (non-hydrogen) atoms. The molecular formula is C18H25N3O5S3. The molecule has 2 aromatic rings. The molecule has 3 rings (SSSR count). The van der Waals surface area contributed by atoms with Crippen molar-refractivity contribution in [1.29, 1.82) is 0 Å². The Hall–Kier alpha value is -1.50. The molecule has 1 aromatic heterocycles. The highest BCUT2D eigenvalue weighted by atomic mass is 32.2. The van der Waals surface area contributed by atoms with E-state index in [2.05, 4.69) is 5.32 Å². The molecule has 0 atom stereocenters. The van der Waals surface area contributed by atoms with Crippen LogP contribution in [0.2, 0.25) is 0 Å². The zero-order chi connectivity index (χ0) is 20.9. The van der Waals surface area contributed by atoms with Crippen LogP contribution in [0.25, 0.3) is 0 Å². The largest absolute Gasteiger partial charge is 0.497 e. The summed E-state index contributed by atoms with van der Waals surface area (Å²) in [6.07, 6.45) is 0. The van der Waals surface area contributed by atoms with Crippen LogP contribution in [0.3, 0.4) is 0 Å². The number of methoxy groups -OCH3 is 1. The number of rotatable bonds is 9. The third-order valence-corrected chi connectivity index (χ3v) is 9.72. The minimum absolute atomic E-state index is 0.0640. The average molecular weight is 460 g/mol. The van der Waals surface area contributed by atoms with Gasteiger partial charge in [0.2, 0.25) is 10.0 Å². The third-order valence-electron chi connectivity index (χ3n) is 4.65. The zero-order valence-electron chi connectivity index (χ0n) is 16.2. The minimum Gasteiger partial charge on any atom is -0.497 e. The van der Waals surface area contributed by atoms with E-state index in [1.165, 1.54) is 14.7 Å². The van der Waals surface area contributed by atoms with Crippen molar-refractivity contribution < 1.29 is 21.6 Å². The van der Waals surface area contributed by atoms with E-state index in [1.54, 1.807) is 42.8 Å². The fraction of sp³-hybridized carbons (Fsp3) is 0.444. The van der Waals surface area contributed by atoms with Gasteiger partial charge in [0.1, 0.15) is 9.96 Å².